The molecule has 0 radical (unpaired) electrons. The van der Waals surface area contributed by atoms with Crippen LogP contribution in [0.15, 0.2) is 0 Å². The number of nitrogens with one attached hydrogen (secondary N) is 1. The fourth-order valence-corrected chi connectivity index (χ4v) is 1.24. The molecule has 0 aromatic carbocycles. The fraction of sp³-hybridized carbons (Fsp3) is 1.00. The maximum Gasteiger partial charge on any atom is 0.0620 e. The van der Waals surface area contributed by atoms with Gasteiger partial charge in [-0.1, -0.05) is 20.8 Å². The third-order valence-electron chi connectivity index (χ3n) is 2.76. The molecule has 0 aromatic rings. The van der Waals surface area contributed by atoms with Crippen molar-refractivity contribution in [3.63, 3.8) is 0 Å². The Hall–Kier alpha value is -0.0800. The summed E-state index contributed by atoms with van der Waals surface area (Å²) in [5.41, 5.74) is 0.433. The molecule has 0 saturated carbocycles. The molecule has 1 heterocycles. The lowest BCUT2D eigenvalue weighted by atomic mass is 9.90. The van der Waals surface area contributed by atoms with Gasteiger partial charge >= 0.3 is 0 Å². The lowest BCUT2D eigenvalue weighted by Gasteiger charge is -2.24. The van der Waals surface area contributed by atoms with Gasteiger partial charge in [-0.05, 0) is 18.3 Å². The third-order valence-corrected chi connectivity index (χ3v) is 2.76. The molecule has 1 atom stereocenters. The molecule has 12 heavy (non-hydrogen) atoms. The van der Waals surface area contributed by atoms with Gasteiger partial charge in [-0.15, -0.1) is 0 Å². The van der Waals surface area contributed by atoms with Crippen LogP contribution in [0, 0.1) is 5.41 Å². The first-order valence-corrected chi connectivity index (χ1v) is 4.95. The highest BCUT2D eigenvalue weighted by atomic mass is 16.5. The molecule has 1 fully saturated rings. The topological polar surface area (TPSA) is 21.3 Å². The van der Waals surface area contributed by atoms with Gasteiger partial charge in [0.05, 0.1) is 6.61 Å². The molecule has 72 valence electrons. The van der Waals surface area contributed by atoms with Crippen LogP contribution in [0.2, 0.25) is 0 Å². The van der Waals surface area contributed by atoms with E-state index >= 15 is 0 Å². The predicted molar refractivity (Wildman–Crippen MR) is 51.3 cm³/mol. The van der Waals surface area contributed by atoms with Gasteiger partial charge < -0.3 is 10.1 Å². The Balaban J connectivity index is 2.15. The van der Waals surface area contributed by atoms with Gasteiger partial charge in [-0.25, -0.2) is 0 Å². The van der Waals surface area contributed by atoms with Crippen LogP contribution in [0.1, 0.15) is 33.6 Å². The summed E-state index contributed by atoms with van der Waals surface area (Å²) in [7, 11) is 0. The average Bonchev–Trinajstić information content (AvgIpc) is 2.53. The summed E-state index contributed by atoms with van der Waals surface area (Å²) in [6, 6.07) is 0.607. The predicted octanol–water partition coefficient (Wildman–Crippen LogP) is 1.80. The molecule has 0 aliphatic carbocycles. The van der Waals surface area contributed by atoms with E-state index in [1.54, 1.807) is 0 Å². The largest absolute Gasteiger partial charge is 0.380 e. The van der Waals surface area contributed by atoms with E-state index in [4.69, 9.17) is 4.74 Å². The highest BCUT2D eigenvalue weighted by molar-refractivity contribution is 4.76. The Morgan fingerprint density at radius 2 is 2.25 bits per heavy atom. The van der Waals surface area contributed by atoms with Gasteiger partial charge in [0.2, 0.25) is 0 Å². The Kier molecular flexibility index (Phi) is 3.53. The minimum absolute atomic E-state index is 0.433. The van der Waals surface area contributed by atoms with E-state index in [-0.39, 0.29) is 0 Å². The fourth-order valence-electron chi connectivity index (χ4n) is 1.24. The van der Waals surface area contributed by atoms with Crippen LogP contribution < -0.4 is 5.32 Å². The minimum Gasteiger partial charge on any atom is -0.380 e. The van der Waals surface area contributed by atoms with Crippen molar-refractivity contribution in [2.24, 2.45) is 5.41 Å². The van der Waals surface area contributed by atoms with Crippen LogP contribution in [-0.4, -0.2) is 25.8 Å². The van der Waals surface area contributed by atoms with Crippen molar-refractivity contribution in [2.75, 3.05) is 19.8 Å². The van der Waals surface area contributed by atoms with E-state index in [1.165, 1.54) is 12.8 Å². The van der Waals surface area contributed by atoms with E-state index in [0.29, 0.717) is 11.5 Å². The number of hydrogen-bond donors (Lipinski definition) is 1. The maximum atomic E-state index is 5.29. The summed E-state index contributed by atoms with van der Waals surface area (Å²) in [5, 5.41) is 3.55. The highest BCUT2D eigenvalue weighted by Crippen LogP contribution is 2.18. The van der Waals surface area contributed by atoms with Crippen molar-refractivity contribution in [2.45, 2.75) is 39.7 Å². The zero-order valence-corrected chi connectivity index (χ0v) is 8.52. The number of ether oxygens (including phenoxy) is 1. The normalized spacial score (nSPS) is 24.8. The summed E-state index contributed by atoms with van der Waals surface area (Å²) in [6.45, 7) is 9.79. The summed E-state index contributed by atoms with van der Waals surface area (Å²) in [6.07, 6.45) is 2.41. The van der Waals surface area contributed by atoms with Gasteiger partial charge in [0, 0.05) is 19.2 Å². The molecule has 1 aliphatic heterocycles. The van der Waals surface area contributed by atoms with Crippen LogP contribution in [-0.2, 0) is 4.74 Å². The standard InChI is InChI=1S/C10H21NO/c1-4-10(2,3)8-11-9-5-6-12-7-9/h9,11H,4-8H2,1-3H3. The van der Waals surface area contributed by atoms with Crippen LogP contribution in [0.3, 0.4) is 0 Å². The second-order valence-electron chi connectivity index (χ2n) is 4.46. The Morgan fingerprint density at radius 3 is 2.75 bits per heavy atom. The molecular weight excluding hydrogens is 150 g/mol. The zero-order chi connectivity index (χ0) is 9.03. The summed E-state index contributed by atoms with van der Waals surface area (Å²) >= 11 is 0. The van der Waals surface area contributed by atoms with E-state index in [9.17, 15) is 0 Å². The lowest BCUT2D eigenvalue weighted by molar-refractivity contribution is 0.186. The first-order valence-electron chi connectivity index (χ1n) is 4.95. The van der Waals surface area contributed by atoms with Gasteiger partial charge in [0.15, 0.2) is 0 Å². The Labute approximate surface area is 75.7 Å². The first-order chi connectivity index (χ1) is 5.64. The molecule has 0 aromatic heterocycles. The van der Waals surface area contributed by atoms with E-state index in [2.05, 4.69) is 26.1 Å². The van der Waals surface area contributed by atoms with Crippen LogP contribution in [0.4, 0.5) is 0 Å². The van der Waals surface area contributed by atoms with Crippen molar-refractivity contribution in [1.82, 2.24) is 5.32 Å². The van der Waals surface area contributed by atoms with Crippen LogP contribution >= 0.6 is 0 Å². The average molecular weight is 171 g/mol. The van der Waals surface area contributed by atoms with Gasteiger partial charge in [0.1, 0.15) is 0 Å². The minimum atomic E-state index is 0.433. The van der Waals surface area contributed by atoms with E-state index in [1.807, 2.05) is 0 Å². The Morgan fingerprint density at radius 1 is 1.50 bits per heavy atom. The van der Waals surface area contributed by atoms with Crippen molar-refractivity contribution < 1.29 is 4.74 Å². The van der Waals surface area contributed by atoms with E-state index in [0.717, 1.165) is 19.8 Å². The summed E-state index contributed by atoms with van der Waals surface area (Å²) in [4.78, 5) is 0. The second-order valence-corrected chi connectivity index (χ2v) is 4.46. The smallest absolute Gasteiger partial charge is 0.0620 e. The molecule has 2 heteroatoms. The second kappa shape index (κ2) is 4.24. The Bertz CT molecular complexity index is 128. The maximum absolute atomic E-state index is 5.29. The molecular formula is C10H21NO. The monoisotopic (exact) mass is 171 g/mol. The molecule has 0 amide bonds. The number of rotatable bonds is 4. The van der Waals surface area contributed by atoms with E-state index < -0.39 is 0 Å². The lowest BCUT2D eigenvalue weighted by Crippen LogP contribution is -2.37. The van der Waals surface area contributed by atoms with Gasteiger partial charge in [0.25, 0.3) is 0 Å². The molecule has 1 aliphatic rings. The molecule has 1 rings (SSSR count). The molecule has 0 bridgehead atoms. The van der Waals surface area contributed by atoms with Crippen molar-refractivity contribution in [3.05, 3.63) is 0 Å². The quantitative estimate of drug-likeness (QED) is 0.696. The molecule has 0 spiro atoms. The summed E-state index contributed by atoms with van der Waals surface area (Å²) in [5.74, 6) is 0. The van der Waals surface area contributed by atoms with Crippen molar-refractivity contribution >= 4 is 0 Å². The molecule has 1 unspecified atom stereocenters. The van der Waals surface area contributed by atoms with Gasteiger partial charge in [-0.3, -0.25) is 0 Å². The first kappa shape index (κ1) is 10.0. The van der Waals surface area contributed by atoms with Crippen molar-refractivity contribution in [1.29, 1.82) is 0 Å². The van der Waals surface area contributed by atoms with Crippen molar-refractivity contribution in [3.8, 4) is 0 Å². The molecule has 1 N–H and O–H groups in total. The molecule has 2 nitrogen and oxygen atoms in total. The van der Waals surface area contributed by atoms with Gasteiger partial charge in [-0.2, -0.15) is 0 Å². The zero-order valence-electron chi connectivity index (χ0n) is 8.52. The third kappa shape index (κ3) is 3.11. The molecule has 1 saturated heterocycles. The van der Waals surface area contributed by atoms with Crippen LogP contribution in [0.25, 0.3) is 0 Å². The number of hydrogen-bond acceptors (Lipinski definition) is 2. The van der Waals surface area contributed by atoms with Crippen LogP contribution in [0.5, 0.6) is 0 Å². The SMILES string of the molecule is CCC(C)(C)CNC1CCOC1. The highest BCUT2D eigenvalue weighted by Gasteiger charge is 2.19. The summed E-state index contributed by atoms with van der Waals surface area (Å²) < 4.78 is 5.29.